The van der Waals surface area contributed by atoms with Gasteiger partial charge in [0.2, 0.25) is 5.91 Å². The number of urea groups is 1. The van der Waals surface area contributed by atoms with Crippen molar-refractivity contribution < 1.29 is 14.4 Å². The highest BCUT2D eigenvalue weighted by atomic mass is 16.2. The molecule has 1 aliphatic heterocycles. The maximum absolute atomic E-state index is 12.2. The summed E-state index contributed by atoms with van der Waals surface area (Å²) in [6.07, 6.45) is 6.13. The second kappa shape index (κ2) is 6.37. The van der Waals surface area contributed by atoms with Gasteiger partial charge in [-0.15, -0.1) is 0 Å². The zero-order valence-electron chi connectivity index (χ0n) is 14.9. The lowest BCUT2D eigenvalue weighted by Crippen LogP contribution is -2.41. The van der Waals surface area contributed by atoms with E-state index in [1.165, 1.54) is 30.6 Å². The Morgan fingerprint density at radius 2 is 2.08 bits per heavy atom. The van der Waals surface area contributed by atoms with Gasteiger partial charge in [-0.25, -0.2) is 4.79 Å². The summed E-state index contributed by atoms with van der Waals surface area (Å²) < 4.78 is 0. The quantitative estimate of drug-likeness (QED) is 0.729. The van der Waals surface area contributed by atoms with Crippen LogP contribution in [0, 0.1) is 17.8 Å². The molecule has 2 aliphatic carbocycles. The Morgan fingerprint density at radius 3 is 2.62 bits per heavy atom. The van der Waals surface area contributed by atoms with Crippen molar-refractivity contribution in [2.24, 2.45) is 17.8 Å². The number of rotatable bonds is 6. The molecule has 1 saturated heterocycles. The van der Waals surface area contributed by atoms with Crippen LogP contribution in [0.1, 0.15) is 59.3 Å². The van der Waals surface area contributed by atoms with Crippen LogP contribution in [0.5, 0.6) is 0 Å². The molecular formula is C18H29N3O3. The number of fused-ring (bicyclic) bond motifs is 2. The van der Waals surface area contributed by atoms with E-state index in [1.54, 1.807) is 13.8 Å². The van der Waals surface area contributed by atoms with Crippen LogP contribution < -0.4 is 10.6 Å². The third-order valence-electron chi connectivity index (χ3n) is 6.05. The second-order valence-corrected chi connectivity index (χ2v) is 8.31. The number of hydrogen-bond donors (Lipinski definition) is 2. The first kappa shape index (κ1) is 17.2. The van der Waals surface area contributed by atoms with Crippen molar-refractivity contribution in [2.45, 2.75) is 70.9 Å². The fourth-order valence-electron chi connectivity index (χ4n) is 4.76. The zero-order valence-corrected chi connectivity index (χ0v) is 14.9. The third-order valence-corrected chi connectivity index (χ3v) is 6.05. The Balaban J connectivity index is 1.40. The molecule has 4 amide bonds. The molecule has 4 atom stereocenters. The molecule has 0 aromatic rings. The molecule has 0 radical (unpaired) electrons. The summed E-state index contributed by atoms with van der Waals surface area (Å²) in [5.41, 5.74) is -0.838. The van der Waals surface area contributed by atoms with Crippen LogP contribution in [-0.2, 0) is 9.59 Å². The first-order chi connectivity index (χ1) is 11.3. The Morgan fingerprint density at radius 1 is 1.33 bits per heavy atom. The van der Waals surface area contributed by atoms with Crippen molar-refractivity contribution in [3.05, 3.63) is 0 Å². The molecule has 24 heavy (non-hydrogen) atoms. The lowest BCUT2D eigenvalue weighted by atomic mass is 9.84. The molecule has 0 aromatic heterocycles. The first-order valence-corrected chi connectivity index (χ1v) is 9.21. The minimum absolute atomic E-state index is 0.0246. The summed E-state index contributed by atoms with van der Waals surface area (Å²) in [6.45, 7) is 5.79. The molecule has 3 fully saturated rings. The van der Waals surface area contributed by atoms with Gasteiger partial charge in [-0.1, -0.05) is 6.42 Å². The molecule has 0 unspecified atom stereocenters. The highest BCUT2D eigenvalue weighted by Crippen LogP contribution is 2.49. The number of hydrogen-bond acceptors (Lipinski definition) is 3. The Kier molecular flexibility index (Phi) is 4.58. The fraction of sp³-hybridized carbons (Fsp3) is 0.833. The van der Waals surface area contributed by atoms with Crippen LogP contribution in [0.2, 0.25) is 0 Å². The average Bonchev–Trinajstić information content (AvgIpc) is 3.17. The van der Waals surface area contributed by atoms with Gasteiger partial charge in [0.25, 0.3) is 5.91 Å². The molecular weight excluding hydrogens is 306 g/mol. The summed E-state index contributed by atoms with van der Waals surface area (Å²) in [7, 11) is 0. The molecule has 2 N–H and O–H groups in total. The SMILES string of the molecule is C[C@@H](NC(=O)CCCN1C(=O)NC(C)(C)C1=O)[C@H]1C[C@H]2CC[C@H]1C2. The Labute approximate surface area is 143 Å². The van der Waals surface area contributed by atoms with E-state index < -0.39 is 5.54 Å². The van der Waals surface area contributed by atoms with Gasteiger partial charge >= 0.3 is 6.03 Å². The van der Waals surface area contributed by atoms with Crippen LogP contribution >= 0.6 is 0 Å². The summed E-state index contributed by atoms with van der Waals surface area (Å²) in [5.74, 6) is 2.10. The maximum Gasteiger partial charge on any atom is 0.325 e. The molecule has 3 rings (SSSR count). The first-order valence-electron chi connectivity index (χ1n) is 9.21. The number of nitrogens with zero attached hydrogens (tertiary/aromatic N) is 1. The highest BCUT2D eigenvalue weighted by Gasteiger charge is 2.44. The number of amides is 4. The van der Waals surface area contributed by atoms with E-state index in [9.17, 15) is 14.4 Å². The van der Waals surface area contributed by atoms with Crippen molar-refractivity contribution in [1.82, 2.24) is 15.5 Å². The summed E-state index contributed by atoms with van der Waals surface area (Å²) in [5, 5.41) is 5.78. The Bertz CT molecular complexity index is 546. The molecule has 0 aromatic carbocycles. The van der Waals surface area contributed by atoms with Crippen molar-refractivity contribution in [3.63, 3.8) is 0 Å². The van der Waals surface area contributed by atoms with Gasteiger partial charge in [-0.05, 0) is 64.2 Å². The van der Waals surface area contributed by atoms with E-state index in [2.05, 4.69) is 17.6 Å². The number of carbonyl (C=O) groups is 3. The fourth-order valence-corrected chi connectivity index (χ4v) is 4.76. The van der Waals surface area contributed by atoms with Crippen LogP contribution in [0.3, 0.4) is 0 Å². The predicted octanol–water partition coefficient (Wildman–Crippen LogP) is 2.04. The van der Waals surface area contributed by atoms with E-state index in [1.807, 2.05) is 0 Å². The standard InChI is InChI=1S/C18H29N3O3/c1-11(14-10-12-6-7-13(14)9-12)19-15(22)5-4-8-21-16(23)18(2,3)20-17(21)24/h11-14H,4-10H2,1-3H3,(H,19,22)(H,20,24)/t11-,12+,13+,14-/m1/s1. The number of nitrogens with one attached hydrogen (secondary N) is 2. The molecule has 1 heterocycles. The van der Waals surface area contributed by atoms with Crippen LogP contribution in [0.4, 0.5) is 4.79 Å². The minimum Gasteiger partial charge on any atom is -0.353 e. The van der Waals surface area contributed by atoms with Crippen molar-refractivity contribution in [1.29, 1.82) is 0 Å². The smallest absolute Gasteiger partial charge is 0.325 e. The van der Waals surface area contributed by atoms with E-state index in [4.69, 9.17) is 0 Å². The number of carbonyl (C=O) groups excluding carboxylic acids is 3. The van der Waals surface area contributed by atoms with Crippen molar-refractivity contribution in [2.75, 3.05) is 6.54 Å². The van der Waals surface area contributed by atoms with Gasteiger partial charge in [0.1, 0.15) is 5.54 Å². The van der Waals surface area contributed by atoms with E-state index in [-0.39, 0.29) is 23.9 Å². The topological polar surface area (TPSA) is 78.5 Å². The monoisotopic (exact) mass is 335 g/mol. The Hall–Kier alpha value is -1.59. The summed E-state index contributed by atoms with van der Waals surface area (Å²) in [6, 6.07) is -0.135. The maximum atomic E-state index is 12.2. The van der Waals surface area contributed by atoms with Gasteiger partial charge in [0.05, 0.1) is 0 Å². The second-order valence-electron chi connectivity index (χ2n) is 8.31. The summed E-state index contributed by atoms with van der Waals surface area (Å²) in [4.78, 5) is 37.3. The molecule has 0 spiro atoms. The summed E-state index contributed by atoms with van der Waals surface area (Å²) >= 11 is 0. The molecule has 6 nitrogen and oxygen atoms in total. The van der Waals surface area contributed by atoms with Crippen LogP contribution in [0.25, 0.3) is 0 Å². The third kappa shape index (κ3) is 3.28. The van der Waals surface area contributed by atoms with Crippen molar-refractivity contribution in [3.8, 4) is 0 Å². The zero-order chi connectivity index (χ0) is 17.5. The molecule has 6 heteroatoms. The molecule has 3 aliphatic rings. The van der Waals surface area contributed by atoms with Gasteiger partial charge < -0.3 is 10.6 Å². The lowest BCUT2D eigenvalue weighted by Gasteiger charge is -2.28. The number of imide groups is 1. The van der Waals surface area contributed by atoms with Crippen LogP contribution in [-0.4, -0.2) is 40.9 Å². The average molecular weight is 335 g/mol. The molecule has 2 saturated carbocycles. The van der Waals surface area contributed by atoms with Gasteiger partial charge in [0, 0.05) is 19.0 Å². The van der Waals surface area contributed by atoms with Gasteiger partial charge in [-0.3, -0.25) is 14.5 Å². The molecule has 134 valence electrons. The van der Waals surface area contributed by atoms with E-state index >= 15 is 0 Å². The van der Waals surface area contributed by atoms with Gasteiger partial charge in [0.15, 0.2) is 0 Å². The van der Waals surface area contributed by atoms with E-state index in [0.29, 0.717) is 25.3 Å². The predicted molar refractivity (Wildman–Crippen MR) is 90.1 cm³/mol. The van der Waals surface area contributed by atoms with Crippen molar-refractivity contribution >= 4 is 17.8 Å². The highest BCUT2D eigenvalue weighted by molar-refractivity contribution is 6.06. The van der Waals surface area contributed by atoms with Crippen LogP contribution in [0.15, 0.2) is 0 Å². The lowest BCUT2D eigenvalue weighted by molar-refractivity contribution is -0.130. The molecule has 2 bridgehead atoms. The minimum atomic E-state index is -0.838. The van der Waals surface area contributed by atoms with Gasteiger partial charge in [-0.2, -0.15) is 0 Å². The van der Waals surface area contributed by atoms with E-state index in [0.717, 1.165) is 11.8 Å². The normalized spacial score (nSPS) is 32.1. The largest absolute Gasteiger partial charge is 0.353 e.